The van der Waals surface area contributed by atoms with Gasteiger partial charge in [-0.3, -0.25) is 0 Å². The minimum absolute atomic E-state index is 0.755. The fraction of sp³-hybridized carbons (Fsp3) is 0.375. The summed E-state index contributed by atoms with van der Waals surface area (Å²) in [7, 11) is 0. The summed E-state index contributed by atoms with van der Waals surface area (Å²) in [4.78, 5) is 4.16. The number of hydrogen-bond acceptors (Lipinski definition) is 4. The molecular formula is C8H11N3S. The smallest absolute Gasteiger partial charge is 0.192 e. The summed E-state index contributed by atoms with van der Waals surface area (Å²) in [5.74, 6) is 0. The molecule has 0 saturated heterocycles. The van der Waals surface area contributed by atoms with E-state index in [0.717, 1.165) is 15.4 Å². The van der Waals surface area contributed by atoms with E-state index < -0.39 is 0 Å². The summed E-state index contributed by atoms with van der Waals surface area (Å²) in [5.41, 5.74) is 0.755. The molecular weight excluding hydrogens is 170 g/mol. The summed E-state index contributed by atoms with van der Waals surface area (Å²) in [6.07, 6.45) is 1.68. The van der Waals surface area contributed by atoms with E-state index in [4.69, 9.17) is 0 Å². The number of fused-ring (bicyclic) bond motifs is 1. The maximum Gasteiger partial charge on any atom is 0.192 e. The van der Waals surface area contributed by atoms with Crippen molar-refractivity contribution in [3.8, 4) is 0 Å². The molecule has 3 nitrogen and oxygen atoms in total. The van der Waals surface area contributed by atoms with Gasteiger partial charge in [0.25, 0.3) is 0 Å². The van der Waals surface area contributed by atoms with E-state index in [9.17, 15) is 0 Å². The van der Waals surface area contributed by atoms with Gasteiger partial charge in [0.1, 0.15) is 0 Å². The van der Waals surface area contributed by atoms with Crippen LogP contribution in [0.1, 0.15) is 18.9 Å². The molecule has 0 aliphatic carbocycles. The fourth-order valence-corrected chi connectivity index (χ4v) is 1.56. The molecule has 2 aromatic rings. The van der Waals surface area contributed by atoms with Gasteiger partial charge in [-0.15, -0.1) is 16.4 Å². The van der Waals surface area contributed by atoms with Crippen LogP contribution in [0, 0.1) is 6.92 Å². The van der Waals surface area contributed by atoms with Crippen molar-refractivity contribution in [2.45, 2.75) is 20.8 Å². The van der Waals surface area contributed by atoms with E-state index in [2.05, 4.69) is 15.2 Å². The Bertz CT molecular complexity index is 323. The summed E-state index contributed by atoms with van der Waals surface area (Å²) >= 11 is 1.64. The third-order valence-corrected chi connectivity index (χ3v) is 2.11. The zero-order valence-electron chi connectivity index (χ0n) is 7.40. The lowest BCUT2D eigenvalue weighted by Crippen LogP contribution is -1.78. The van der Waals surface area contributed by atoms with Gasteiger partial charge >= 0.3 is 0 Å². The minimum atomic E-state index is 0.755. The Labute approximate surface area is 75.5 Å². The third-order valence-electron chi connectivity index (χ3n) is 1.19. The quantitative estimate of drug-likeness (QED) is 0.626. The average molecular weight is 181 g/mol. The molecule has 2 heterocycles. The monoisotopic (exact) mass is 181 g/mol. The lowest BCUT2D eigenvalue weighted by atomic mass is 10.6. The van der Waals surface area contributed by atoms with Crippen LogP contribution in [0.2, 0.25) is 0 Å². The molecule has 0 unspecified atom stereocenters. The molecule has 0 aromatic carbocycles. The zero-order chi connectivity index (χ0) is 8.97. The molecule has 0 aliphatic rings. The SMILES string of the molecule is CC.Cc1nc2nnccc2s1. The first-order valence-corrected chi connectivity index (χ1v) is 4.73. The second kappa shape index (κ2) is 4.11. The Morgan fingerprint density at radius 3 is 2.75 bits per heavy atom. The molecule has 12 heavy (non-hydrogen) atoms. The summed E-state index contributed by atoms with van der Waals surface area (Å²) in [6.45, 7) is 5.96. The Balaban J connectivity index is 0.000000336. The van der Waals surface area contributed by atoms with Crippen molar-refractivity contribution in [1.82, 2.24) is 15.2 Å². The van der Waals surface area contributed by atoms with Crippen molar-refractivity contribution < 1.29 is 0 Å². The highest BCUT2D eigenvalue weighted by atomic mass is 32.1. The van der Waals surface area contributed by atoms with Crippen LogP contribution in [0.5, 0.6) is 0 Å². The number of rotatable bonds is 0. The van der Waals surface area contributed by atoms with Crippen LogP contribution >= 0.6 is 11.3 Å². The van der Waals surface area contributed by atoms with Crippen molar-refractivity contribution in [1.29, 1.82) is 0 Å². The minimum Gasteiger partial charge on any atom is -0.220 e. The predicted molar refractivity (Wildman–Crippen MR) is 51.3 cm³/mol. The molecule has 0 amide bonds. The van der Waals surface area contributed by atoms with Crippen molar-refractivity contribution in [2.75, 3.05) is 0 Å². The maximum atomic E-state index is 4.16. The standard InChI is InChI=1S/C6H5N3S.C2H6/c1-4-8-6-5(10-4)2-3-7-9-6;1-2/h2-3H,1H3;1-2H3. The molecule has 0 N–H and O–H groups in total. The van der Waals surface area contributed by atoms with Crippen molar-refractivity contribution in [2.24, 2.45) is 0 Å². The molecule has 4 heteroatoms. The van der Waals surface area contributed by atoms with Gasteiger partial charge in [-0.25, -0.2) is 4.98 Å². The molecule has 2 rings (SSSR count). The predicted octanol–water partition coefficient (Wildman–Crippen LogP) is 2.42. The van der Waals surface area contributed by atoms with E-state index >= 15 is 0 Å². The first-order valence-electron chi connectivity index (χ1n) is 3.91. The molecule has 0 spiro atoms. The number of aryl methyl sites for hydroxylation is 1. The lowest BCUT2D eigenvalue weighted by molar-refractivity contribution is 1.05. The molecule has 0 radical (unpaired) electrons. The van der Waals surface area contributed by atoms with Gasteiger partial charge in [-0.2, -0.15) is 5.10 Å². The second-order valence-corrected chi connectivity index (χ2v) is 3.19. The van der Waals surface area contributed by atoms with Gasteiger partial charge in [0.2, 0.25) is 0 Å². The van der Waals surface area contributed by atoms with Crippen molar-refractivity contribution >= 4 is 21.7 Å². The van der Waals surface area contributed by atoms with Crippen molar-refractivity contribution in [3.63, 3.8) is 0 Å². The van der Waals surface area contributed by atoms with Gasteiger partial charge in [-0.05, 0) is 13.0 Å². The molecule has 0 aliphatic heterocycles. The Kier molecular flexibility index (Phi) is 3.10. The molecule has 0 saturated carbocycles. The lowest BCUT2D eigenvalue weighted by Gasteiger charge is -1.78. The van der Waals surface area contributed by atoms with Crippen LogP contribution in [0.15, 0.2) is 12.3 Å². The number of hydrogen-bond donors (Lipinski definition) is 0. The third kappa shape index (κ3) is 1.76. The highest BCUT2D eigenvalue weighted by Crippen LogP contribution is 2.17. The number of aromatic nitrogens is 3. The largest absolute Gasteiger partial charge is 0.220 e. The summed E-state index contributed by atoms with van der Waals surface area (Å²) in [6, 6.07) is 1.92. The highest BCUT2D eigenvalue weighted by molar-refractivity contribution is 7.18. The molecule has 2 aromatic heterocycles. The molecule has 0 fully saturated rings. The van der Waals surface area contributed by atoms with E-state index in [1.54, 1.807) is 17.5 Å². The number of nitrogens with zero attached hydrogens (tertiary/aromatic N) is 3. The Morgan fingerprint density at radius 1 is 1.33 bits per heavy atom. The summed E-state index contributed by atoms with van der Waals surface area (Å²) < 4.78 is 1.10. The fourth-order valence-electron chi connectivity index (χ4n) is 0.801. The van der Waals surface area contributed by atoms with Crippen LogP contribution < -0.4 is 0 Å². The van der Waals surface area contributed by atoms with E-state index in [0.29, 0.717) is 0 Å². The summed E-state index contributed by atoms with van der Waals surface area (Å²) in [5, 5.41) is 8.61. The molecule has 0 atom stereocenters. The van der Waals surface area contributed by atoms with Crippen LogP contribution in [-0.2, 0) is 0 Å². The van der Waals surface area contributed by atoms with Gasteiger partial charge in [0.05, 0.1) is 15.9 Å². The van der Waals surface area contributed by atoms with E-state index in [1.807, 2.05) is 26.8 Å². The first-order chi connectivity index (χ1) is 5.86. The topological polar surface area (TPSA) is 38.7 Å². The van der Waals surface area contributed by atoms with E-state index in [-0.39, 0.29) is 0 Å². The molecule has 64 valence electrons. The van der Waals surface area contributed by atoms with Gasteiger partial charge in [0, 0.05) is 0 Å². The Hall–Kier alpha value is -1.03. The van der Waals surface area contributed by atoms with Crippen LogP contribution in [0.25, 0.3) is 10.3 Å². The van der Waals surface area contributed by atoms with Gasteiger partial charge in [-0.1, -0.05) is 13.8 Å². The van der Waals surface area contributed by atoms with Crippen LogP contribution in [-0.4, -0.2) is 15.2 Å². The average Bonchev–Trinajstić information content (AvgIpc) is 2.48. The van der Waals surface area contributed by atoms with Gasteiger partial charge in [0.15, 0.2) is 5.65 Å². The van der Waals surface area contributed by atoms with Crippen LogP contribution in [0.3, 0.4) is 0 Å². The number of thiazole rings is 1. The Morgan fingerprint density at radius 2 is 2.08 bits per heavy atom. The van der Waals surface area contributed by atoms with Crippen molar-refractivity contribution in [3.05, 3.63) is 17.3 Å². The van der Waals surface area contributed by atoms with Gasteiger partial charge < -0.3 is 0 Å². The zero-order valence-corrected chi connectivity index (χ0v) is 8.22. The first kappa shape index (κ1) is 9.06. The maximum absolute atomic E-state index is 4.16. The molecule has 0 bridgehead atoms. The normalized spacial score (nSPS) is 9.25. The van der Waals surface area contributed by atoms with E-state index in [1.165, 1.54) is 0 Å². The second-order valence-electron chi connectivity index (χ2n) is 1.95. The van der Waals surface area contributed by atoms with Crippen LogP contribution in [0.4, 0.5) is 0 Å². The highest BCUT2D eigenvalue weighted by Gasteiger charge is 1.98.